The number of nitrogens with zero attached hydrogens (tertiary/aromatic N) is 6. The van der Waals surface area contributed by atoms with Gasteiger partial charge >= 0.3 is 0 Å². The van der Waals surface area contributed by atoms with Crippen molar-refractivity contribution in [2.24, 2.45) is 7.05 Å². The van der Waals surface area contributed by atoms with Gasteiger partial charge in [-0.3, -0.25) is 14.3 Å². The minimum absolute atomic E-state index is 0.0248. The van der Waals surface area contributed by atoms with Crippen molar-refractivity contribution < 1.29 is 14.0 Å². The summed E-state index contributed by atoms with van der Waals surface area (Å²) in [6.45, 7) is 2.41. The molecule has 0 radical (unpaired) electrons. The van der Waals surface area contributed by atoms with Gasteiger partial charge in [0.25, 0.3) is 11.8 Å². The molecule has 2 amide bonds. The number of benzene rings is 1. The summed E-state index contributed by atoms with van der Waals surface area (Å²) in [5.74, 6) is -0.597. The first-order valence-electron chi connectivity index (χ1n) is 10.1. The molecule has 1 aromatic carbocycles. The van der Waals surface area contributed by atoms with Crippen LogP contribution in [-0.4, -0.2) is 60.2 Å². The van der Waals surface area contributed by atoms with E-state index < -0.39 is 6.17 Å². The van der Waals surface area contributed by atoms with Crippen molar-refractivity contribution in [3.63, 3.8) is 0 Å². The van der Waals surface area contributed by atoms with E-state index in [0.717, 1.165) is 5.56 Å². The minimum Gasteiger partial charge on any atom is -0.347 e. The van der Waals surface area contributed by atoms with Gasteiger partial charge in [-0.2, -0.15) is 5.10 Å². The molecular weight excluding hydrogens is 401 g/mol. The van der Waals surface area contributed by atoms with Crippen LogP contribution in [0.25, 0.3) is 0 Å². The number of rotatable bonds is 6. The average molecular weight is 425 g/mol. The second-order valence-corrected chi connectivity index (χ2v) is 7.74. The summed E-state index contributed by atoms with van der Waals surface area (Å²) in [6, 6.07) is 9.16. The highest BCUT2D eigenvalue weighted by atomic mass is 19.1. The monoisotopic (exact) mass is 425 g/mol. The van der Waals surface area contributed by atoms with Crippen LogP contribution in [0.1, 0.15) is 38.5 Å². The molecule has 3 aromatic rings. The lowest BCUT2D eigenvalue weighted by Crippen LogP contribution is -2.38. The van der Waals surface area contributed by atoms with Gasteiger partial charge in [-0.1, -0.05) is 35.5 Å². The van der Waals surface area contributed by atoms with Gasteiger partial charge in [0.15, 0.2) is 5.69 Å². The lowest BCUT2D eigenvalue weighted by Gasteiger charge is -2.23. The number of hydrogen-bond donors (Lipinski definition) is 1. The largest absolute Gasteiger partial charge is 0.347 e. The van der Waals surface area contributed by atoms with Gasteiger partial charge in [-0.15, -0.1) is 5.10 Å². The molecule has 3 heterocycles. The molecule has 1 aliphatic heterocycles. The Morgan fingerprint density at radius 2 is 2.00 bits per heavy atom. The molecule has 1 saturated heterocycles. The van der Waals surface area contributed by atoms with Crippen molar-refractivity contribution >= 4 is 11.8 Å². The third kappa shape index (κ3) is 4.62. The van der Waals surface area contributed by atoms with Gasteiger partial charge in [-0.25, -0.2) is 9.07 Å². The van der Waals surface area contributed by atoms with E-state index in [1.807, 2.05) is 30.3 Å². The predicted molar refractivity (Wildman–Crippen MR) is 110 cm³/mol. The van der Waals surface area contributed by atoms with Crippen LogP contribution in [0.2, 0.25) is 0 Å². The lowest BCUT2D eigenvalue weighted by molar-refractivity contribution is 0.0713. The Balaban J connectivity index is 1.41. The molecule has 0 unspecified atom stereocenters. The number of halogens is 1. The third-order valence-electron chi connectivity index (χ3n) is 5.33. The van der Waals surface area contributed by atoms with E-state index in [1.54, 1.807) is 24.9 Å². The fourth-order valence-corrected chi connectivity index (χ4v) is 3.82. The molecule has 1 N–H and O–H groups in total. The average Bonchev–Trinajstić information content (AvgIpc) is 3.45. The zero-order valence-electron chi connectivity index (χ0n) is 17.4. The van der Waals surface area contributed by atoms with Crippen LogP contribution in [0, 0.1) is 6.92 Å². The van der Waals surface area contributed by atoms with Gasteiger partial charge in [0.2, 0.25) is 0 Å². The predicted octanol–water partition coefficient (Wildman–Crippen LogP) is 1.50. The van der Waals surface area contributed by atoms with E-state index in [1.165, 1.54) is 15.8 Å². The number of carbonyl (C=O) groups excluding carboxylic acids is 2. The zero-order valence-corrected chi connectivity index (χ0v) is 17.4. The molecule has 0 aliphatic carbocycles. The fraction of sp³-hybridized carbons (Fsp3) is 0.381. The van der Waals surface area contributed by atoms with Crippen molar-refractivity contribution in [1.29, 1.82) is 0 Å². The van der Waals surface area contributed by atoms with Crippen LogP contribution >= 0.6 is 0 Å². The van der Waals surface area contributed by atoms with Crippen molar-refractivity contribution in [3.8, 4) is 0 Å². The quantitative estimate of drug-likeness (QED) is 0.646. The third-order valence-corrected chi connectivity index (χ3v) is 5.33. The molecule has 10 heteroatoms. The number of nitrogens with one attached hydrogen (secondary N) is 1. The van der Waals surface area contributed by atoms with E-state index in [9.17, 15) is 14.0 Å². The Labute approximate surface area is 178 Å². The van der Waals surface area contributed by atoms with Crippen LogP contribution in [-0.2, 0) is 20.1 Å². The minimum atomic E-state index is -1.11. The highest BCUT2D eigenvalue weighted by Crippen LogP contribution is 2.24. The zero-order chi connectivity index (χ0) is 22.0. The number of likely N-dealkylation sites (tertiary alicyclic amines) is 1. The molecule has 0 bridgehead atoms. The Morgan fingerprint density at radius 3 is 2.71 bits per heavy atom. The molecule has 1 aliphatic rings. The molecule has 0 saturated carbocycles. The summed E-state index contributed by atoms with van der Waals surface area (Å²) in [7, 11) is 1.74. The highest BCUT2D eigenvalue weighted by Gasteiger charge is 2.37. The van der Waals surface area contributed by atoms with Crippen LogP contribution in [0.4, 0.5) is 4.39 Å². The summed E-state index contributed by atoms with van der Waals surface area (Å²) in [5, 5.41) is 14.9. The summed E-state index contributed by atoms with van der Waals surface area (Å²) in [5.41, 5.74) is 2.21. The lowest BCUT2D eigenvalue weighted by atomic mass is 10.2. The normalized spacial score (nSPS) is 18.4. The van der Waals surface area contributed by atoms with E-state index in [2.05, 4.69) is 20.7 Å². The molecule has 0 spiro atoms. The Hall–Kier alpha value is -3.56. The first-order chi connectivity index (χ1) is 14.9. The van der Waals surface area contributed by atoms with E-state index in [0.29, 0.717) is 17.8 Å². The molecule has 2 aromatic heterocycles. The van der Waals surface area contributed by atoms with Crippen LogP contribution in [0.5, 0.6) is 0 Å². The number of amides is 2. The van der Waals surface area contributed by atoms with Crippen molar-refractivity contribution in [2.45, 2.75) is 38.6 Å². The van der Waals surface area contributed by atoms with Crippen LogP contribution in [0.3, 0.4) is 0 Å². The summed E-state index contributed by atoms with van der Waals surface area (Å²) >= 11 is 0. The number of hydrogen-bond acceptors (Lipinski definition) is 5. The maximum absolute atomic E-state index is 14.2. The van der Waals surface area contributed by atoms with Crippen molar-refractivity contribution in [2.75, 3.05) is 6.54 Å². The van der Waals surface area contributed by atoms with Gasteiger partial charge in [-0.05, 0) is 12.5 Å². The molecule has 9 nitrogen and oxygen atoms in total. The Kier molecular flexibility index (Phi) is 5.79. The molecule has 162 valence electrons. The maximum Gasteiger partial charge on any atom is 0.273 e. The maximum atomic E-state index is 14.2. The van der Waals surface area contributed by atoms with E-state index >= 15 is 0 Å². The first-order valence-corrected chi connectivity index (χ1v) is 10.1. The Bertz CT molecular complexity index is 1080. The Morgan fingerprint density at radius 1 is 1.23 bits per heavy atom. The molecule has 31 heavy (non-hydrogen) atoms. The van der Waals surface area contributed by atoms with Crippen molar-refractivity contribution in [1.82, 2.24) is 35.0 Å². The van der Waals surface area contributed by atoms with E-state index in [-0.39, 0.29) is 43.1 Å². The molecule has 2 atom stereocenters. The van der Waals surface area contributed by atoms with Gasteiger partial charge in [0.1, 0.15) is 6.17 Å². The fourth-order valence-electron chi connectivity index (χ4n) is 3.82. The van der Waals surface area contributed by atoms with Crippen LogP contribution < -0.4 is 5.32 Å². The highest BCUT2D eigenvalue weighted by molar-refractivity contribution is 5.95. The topological polar surface area (TPSA) is 97.9 Å². The molecule has 1 fully saturated rings. The first kappa shape index (κ1) is 20.7. The molecule has 4 rings (SSSR count). The number of alkyl halides is 1. The summed E-state index contributed by atoms with van der Waals surface area (Å²) in [4.78, 5) is 26.8. The second-order valence-electron chi connectivity index (χ2n) is 7.74. The summed E-state index contributed by atoms with van der Waals surface area (Å²) in [6.07, 6.45) is 2.26. The smallest absolute Gasteiger partial charge is 0.273 e. The standard InChI is InChI=1S/C21H24FN7O2/c1-14-18(12-27(2)25-14)21(31)29-10-16(22)8-17(29)11-28-13-19(24-26-28)20(30)23-9-15-6-4-3-5-7-15/h3-7,12-13,16-17H,8-11H2,1-2H3,(H,23,30)/t16-,17-/m0/s1. The molecular formula is C21H24FN7O2. The summed E-state index contributed by atoms with van der Waals surface area (Å²) < 4.78 is 17.2. The second kappa shape index (κ2) is 8.66. The van der Waals surface area contributed by atoms with Gasteiger partial charge < -0.3 is 10.2 Å². The number of aryl methyl sites for hydroxylation is 2. The number of carbonyl (C=O) groups is 2. The van der Waals surface area contributed by atoms with Gasteiger partial charge in [0.05, 0.1) is 36.6 Å². The van der Waals surface area contributed by atoms with E-state index in [4.69, 9.17) is 0 Å². The van der Waals surface area contributed by atoms with Crippen LogP contribution in [0.15, 0.2) is 42.7 Å². The number of aromatic nitrogens is 5. The van der Waals surface area contributed by atoms with Gasteiger partial charge in [0, 0.05) is 26.2 Å². The van der Waals surface area contributed by atoms with Crippen molar-refractivity contribution in [3.05, 3.63) is 65.2 Å². The SMILES string of the molecule is Cc1nn(C)cc1C(=O)N1C[C@@H](F)C[C@H]1Cn1cc(C(=O)NCc2ccccc2)nn1.